The molecule has 1 fully saturated rings. The summed E-state index contributed by atoms with van der Waals surface area (Å²) in [5, 5.41) is 0. The van der Waals surface area contributed by atoms with Gasteiger partial charge in [-0.05, 0) is 36.5 Å². The first-order chi connectivity index (χ1) is 12.6. The molecule has 2 aromatic carbocycles. The van der Waals surface area contributed by atoms with Gasteiger partial charge in [0.25, 0.3) is 0 Å². The molecule has 2 unspecified atom stereocenters. The van der Waals surface area contributed by atoms with Gasteiger partial charge in [-0.15, -0.1) is 0 Å². The van der Waals surface area contributed by atoms with Gasteiger partial charge in [0.05, 0.1) is 17.3 Å². The lowest BCUT2D eigenvalue weighted by Gasteiger charge is -2.39. The molecule has 0 spiro atoms. The van der Waals surface area contributed by atoms with Gasteiger partial charge in [-0.2, -0.15) is 0 Å². The molecule has 2 aromatic rings. The summed E-state index contributed by atoms with van der Waals surface area (Å²) in [6.07, 6.45) is 2.68. The fourth-order valence-corrected chi connectivity index (χ4v) is 3.82. The molecule has 1 aliphatic carbocycles. The molecule has 1 aliphatic heterocycles. The van der Waals surface area contributed by atoms with Crippen molar-refractivity contribution in [3.05, 3.63) is 60.2 Å². The van der Waals surface area contributed by atoms with Crippen LogP contribution in [-0.4, -0.2) is 25.5 Å². The Morgan fingerprint density at radius 1 is 1.04 bits per heavy atom. The van der Waals surface area contributed by atoms with E-state index in [0.29, 0.717) is 0 Å². The van der Waals surface area contributed by atoms with Crippen LogP contribution in [0.4, 0.5) is 11.4 Å². The minimum atomic E-state index is -0.291. The van der Waals surface area contributed by atoms with Gasteiger partial charge in [-0.1, -0.05) is 49.4 Å². The van der Waals surface area contributed by atoms with E-state index < -0.39 is 0 Å². The third-order valence-electron chi connectivity index (χ3n) is 5.66. The minimum absolute atomic E-state index is 0.111. The van der Waals surface area contributed by atoms with Crippen molar-refractivity contribution < 1.29 is 4.79 Å². The highest BCUT2D eigenvalue weighted by atomic mass is 16.2. The number of para-hydroxylation sites is 2. The largest absolute Gasteiger partial charge is 0.368 e. The maximum atomic E-state index is 13.2. The lowest BCUT2D eigenvalue weighted by atomic mass is 9.93. The van der Waals surface area contributed by atoms with Gasteiger partial charge in [0.1, 0.15) is 0 Å². The molecule has 0 aromatic heterocycles. The van der Waals surface area contributed by atoms with Crippen LogP contribution in [0.2, 0.25) is 0 Å². The first kappa shape index (κ1) is 17.1. The van der Waals surface area contributed by atoms with Crippen LogP contribution in [0.25, 0.3) is 0 Å². The third-order valence-corrected chi connectivity index (χ3v) is 5.66. The normalized spacial score (nSPS) is 19.0. The van der Waals surface area contributed by atoms with Crippen LogP contribution in [0.3, 0.4) is 0 Å². The number of nitrogens with two attached hydrogens (primary N) is 1. The van der Waals surface area contributed by atoms with Crippen LogP contribution in [0, 0.1) is 11.8 Å². The fourth-order valence-electron chi connectivity index (χ4n) is 3.82. The van der Waals surface area contributed by atoms with Crippen molar-refractivity contribution in [1.82, 2.24) is 0 Å². The number of rotatable bonds is 5. The molecule has 4 rings (SSSR count). The summed E-state index contributed by atoms with van der Waals surface area (Å²) in [6.45, 7) is 4.68. The molecule has 2 N–H and O–H groups in total. The lowest BCUT2D eigenvalue weighted by molar-refractivity contribution is -0.122. The van der Waals surface area contributed by atoms with Crippen molar-refractivity contribution in [3.8, 4) is 0 Å². The second kappa shape index (κ2) is 7.12. The zero-order valence-electron chi connectivity index (χ0n) is 15.3. The number of fused-ring (bicyclic) bond motifs is 1. The van der Waals surface area contributed by atoms with E-state index in [4.69, 9.17) is 5.73 Å². The molecule has 0 radical (unpaired) electrons. The van der Waals surface area contributed by atoms with Crippen LogP contribution in [0.15, 0.2) is 54.6 Å². The summed E-state index contributed by atoms with van der Waals surface area (Å²) in [5.74, 6) is 0.677. The maximum Gasteiger partial charge on any atom is 0.231 e. The number of benzene rings is 2. The molecule has 1 amide bonds. The summed E-state index contributed by atoms with van der Waals surface area (Å²) in [5.41, 5.74) is 9.62. The Balaban J connectivity index is 1.55. The van der Waals surface area contributed by atoms with Gasteiger partial charge in [-0.25, -0.2) is 0 Å². The average molecular weight is 349 g/mol. The molecule has 136 valence electrons. The Kier molecular flexibility index (Phi) is 4.68. The number of anilines is 2. The summed E-state index contributed by atoms with van der Waals surface area (Å²) in [4.78, 5) is 17.6. The first-order valence-corrected chi connectivity index (χ1v) is 9.61. The molecule has 0 bridgehead atoms. The smallest absolute Gasteiger partial charge is 0.231 e. The van der Waals surface area contributed by atoms with Gasteiger partial charge in [0, 0.05) is 25.7 Å². The van der Waals surface area contributed by atoms with Crippen molar-refractivity contribution in [2.75, 3.05) is 29.4 Å². The highest BCUT2D eigenvalue weighted by molar-refractivity contribution is 5.99. The van der Waals surface area contributed by atoms with E-state index in [1.165, 1.54) is 18.5 Å². The summed E-state index contributed by atoms with van der Waals surface area (Å²) in [6, 6.07) is 17.9. The second-order valence-corrected chi connectivity index (χ2v) is 7.59. The van der Waals surface area contributed by atoms with Gasteiger partial charge in [-0.3, -0.25) is 4.79 Å². The van der Waals surface area contributed by atoms with E-state index in [2.05, 4.69) is 23.1 Å². The number of carbonyl (C=O) groups excluding carboxylic acids is 1. The number of hydrogen-bond donors (Lipinski definition) is 1. The predicted octanol–water partition coefficient (Wildman–Crippen LogP) is 3.59. The highest BCUT2D eigenvalue weighted by Crippen LogP contribution is 2.38. The topological polar surface area (TPSA) is 49.6 Å². The average Bonchev–Trinajstić information content (AvgIpc) is 3.51. The van der Waals surface area contributed by atoms with Crippen molar-refractivity contribution in [3.63, 3.8) is 0 Å². The predicted molar refractivity (Wildman–Crippen MR) is 106 cm³/mol. The van der Waals surface area contributed by atoms with Crippen molar-refractivity contribution in [1.29, 1.82) is 0 Å². The van der Waals surface area contributed by atoms with E-state index in [-0.39, 0.29) is 17.9 Å². The molecule has 4 heteroatoms. The Bertz CT molecular complexity index is 772. The standard InChI is InChI=1S/C22H27N3O/c1-16(21(23)18-7-3-2-4-8-18)22(26)25-14-13-24(15-17-11-12-17)19-9-5-6-10-20(19)25/h2-10,16-17,21H,11-15,23H2,1H3. The quantitative estimate of drug-likeness (QED) is 0.897. The first-order valence-electron chi connectivity index (χ1n) is 9.61. The molecule has 2 atom stereocenters. The zero-order chi connectivity index (χ0) is 18.1. The molecule has 1 saturated carbocycles. The Morgan fingerprint density at radius 3 is 2.38 bits per heavy atom. The summed E-state index contributed by atoms with van der Waals surface area (Å²) < 4.78 is 0. The molecule has 2 aliphatic rings. The summed E-state index contributed by atoms with van der Waals surface area (Å²) >= 11 is 0. The Morgan fingerprint density at radius 2 is 1.69 bits per heavy atom. The van der Waals surface area contributed by atoms with Crippen LogP contribution in [0.5, 0.6) is 0 Å². The SMILES string of the molecule is CC(C(=O)N1CCN(CC2CC2)c2ccccc21)C(N)c1ccccc1. The molecule has 0 saturated heterocycles. The van der Waals surface area contributed by atoms with Crippen molar-refractivity contribution in [2.24, 2.45) is 17.6 Å². The van der Waals surface area contributed by atoms with E-state index in [0.717, 1.165) is 36.8 Å². The molecular weight excluding hydrogens is 322 g/mol. The highest BCUT2D eigenvalue weighted by Gasteiger charge is 2.33. The van der Waals surface area contributed by atoms with Gasteiger partial charge in [0.2, 0.25) is 5.91 Å². The van der Waals surface area contributed by atoms with E-state index >= 15 is 0 Å². The molecule has 1 heterocycles. The third kappa shape index (κ3) is 3.34. The lowest BCUT2D eigenvalue weighted by Crippen LogP contribution is -2.47. The van der Waals surface area contributed by atoms with E-state index in [1.54, 1.807) is 0 Å². The van der Waals surface area contributed by atoms with Crippen LogP contribution < -0.4 is 15.5 Å². The Hall–Kier alpha value is -2.33. The van der Waals surface area contributed by atoms with E-state index in [1.807, 2.05) is 48.2 Å². The van der Waals surface area contributed by atoms with Gasteiger partial charge < -0.3 is 15.5 Å². The van der Waals surface area contributed by atoms with Crippen LogP contribution >= 0.6 is 0 Å². The fraction of sp³-hybridized carbons (Fsp3) is 0.409. The Labute approximate surface area is 155 Å². The van der Waals surface area contributed by atoms with Crippen LogP contribution in [-0.2, 0) is 4.79 Å². The molecular formula is C22H27N3O. The minimum Gasteiger partial charge on any atom is -0.368 e. The zero-order valence-corrected chi connectivity index (χ0v) is 15.3. The van der Waals surface area contributed by atoms with Crippen molar-refractivity contribution in [2.45, 2.75) is 25.8 Å². The van der Waals surface area contributed by atoms with Crippen LogP contribution in [0.1, 0.15) is 31.4 Å². The van der Waals surface area contributed by atoms with Gasteiger partial charge >= 0.3 is 0 Å². The maximum absolute atomic E-state index is 13.2. The monoisotopic (exact) mass is 349 g/mol. The number of amides is 1. The summed E-state index contributed by atoms with van der Waals surface area (Å²) in [7, 11) is 0. The number of hydrogen-bond acceptors (Lipinski definition) is 3. The van der Waals surface area contributed by atoms with E-state index in [9.17, 15) is 4.79 Å². The number of carbonyl (C=O) groups is 1. The molecule has 4 nitrogen and oxygen atoms in total. The number of nitrogens with zero attached hydrogens (tertiary/aromatic N) is 2. The van der Waals surface area contributed by atoms with Crippen molar-refractivity contribution >= 4 is 17.3 Å². The second-order valence-electron chi connectivity index (χ2n) is 7.59. The molecule has 26 heavy (non-hydrogen) atoms. The van der Waals surface area contributed by atoms with Gasteiger partial charge in [0.15, 0.2) is 0 Å².